The van der Waals surface area contributed by atoms with E-state index in [1.54, 1.807) is 19.4 Å². The van der Waals surface area contributed by atoms with Gasteiger partial charge < -0.3 is 4.74 Å². The van der Waals surface area contributed by atoms with Gasteiger partial charge in [-0.1, -0.05) is 25.7 Å². The van der Waals surface area contributed by atoms with Crippen LogP contribution >= 0.6 is 11.3 Å². The fraction of sp³-hybridized carbons (Fsp3) is 0.571. The van der Waals surface area contributed by atoms with Crippen molar-refractivity contribution in [3.05, 3.63) is 16.1 Å². The Kier molecular flexibility index (Phi) is 6.54. The first-order valence-electron chi connectivity index (χ1n) is 6.40. The molecule has 4 nitrogen and oxygen atoms in total. The molecule has 19 heavy (non-hydrogen) atoms. The van der Waals surface area contributed by atoms with E-state index in [-0.39, 0.29) is 5.97 Å². The number of esters is 1. The normalized spacial score (nSPS) is 11.8. The molecule has 0 aliphatic heterocycles. The third-order valence-corrected chi connectivity index (χ3v) is 3.63. The standard InChI is InChI=1S/C14H20N2O2S/c1-5-16(6-2)9-7-8-11(3)18-14(17)13-12(4)15-10-19-13/h10-11H,5-6,9H2,1-4H3/t11-/m1/s1. The van der Waals surface area contributed by atoms with Gasteiger partial charge in [0.2, 0.25) is 0 Å². The fourth-order valence-corrected chi connectivity index (χ4v) is 2.17. The maximum Gasteiger partial charge on any atom is 0.351 e. The molecule has 0 radical (unpaired) electrons. The van der Waals surface area contributed by atoms with Crippen molar-refractivity contribution in [1.29, 1.82) is 0 Å². The number of rotatable bonds is 5. The van der Waals surface area contributed by atoms with Crippen molar-refractivity contribution in [2.45, 2.75) is 33.8 Å². The van der Waals surface area contributed by atoms with E-state index in [4.69, 9.17) is 4.74 Å². The van der Waals surface area contributed by atoms with E-state index in [2.05, 4.69) is 35.6 Å². The lowest BCUT2D eigenvalue weighted by Gasteiger charge is -2.13. The predicted octanol–water partition coefficient (Wildman–Crippen LogP) is 2.34. The molecule has 0 saturated carbocycles. The minimum Gasteiger partial charge on any atom is -0.445 e. The van der Waals surface area contributed by atoms with Crippen LogP contribution in [0.4, 0.5) is 0 Å². The Balaban J connectivity index is 2.48. The molecule has 0 saturated heterocycles. The molecule has 0 bridgehead atoms. The molecular weight excluding hydrogens is 260 g/mol. The summed E-state index contributed by atoms with van der Waals surface area (Å²) < 4.78 is 5.26. The Morgan fingerprint density at radius 1 is 1.53 bits per heavy atom. The maximum atomic E-state index is 11.8. The molecule has 0 unspecified atom stereocenters. The molecule has 0 N–H and O–H groups in total. The molecule has 1 heterocycles. The Hall–Kier alpha value is -1.38. The third kappa shape index (κ3) is 5.01. The lowest BCUT2D eigenvalue weighted by molar-refractivity contribution is 0.0443. The molecule has 0 fully saturated rings. The second-order valence-corrected chi connectivity index (χ2v) is 4.95. The van der Waals surface area contributed by atoms with Gasteiger partial charge in [-0.25, -0.2) is 9.78 Å². The maximum absolute atomic E-state index is 11.8. The first-order chi connectivity index (χ1) is 9.08. The summed E-state index contributed by atoms with van der Waals surface area (Å²) in [5.74, 6) is 5.64. The van der Waals surface area contributed by atoms with Gasteiger partial charge in [-0.3, -0.25) is 4.90 Å². The minimum atomic E-state index is -0.399. The number of carbonyl (C=O) groups is 1. The number of thiazole rings is 1. The molecule has 0 spiro atoms. The predicted molar refractivity (Wildman–Crippen MR) is 77.3 cm³/mol. The highest BCUT2D eigenvalue weighted by Crippen LogP contribution is 2.14. The average Bonchev–Trinajstić information content (AvgIpc) is 2.81. The minimum absolute atomic E-state index is 0.343. The van der Waals surface area contributed by atoms with Crippen LogP contribution in [0.2, 0.25) is 0 Å². The molecule has 1 aromatic heterocycles. The molecule has 1 atom stereocenters. The summed E-state index contributed by atoms with van der Waals surface area (Å²) in [6.07, 6.45) is -0.399. The van der Waals surface area contributed by atoms with Gasteiger partial charge in [0.15, 0.2) is 6.10 Å². The smallest absolute Gasteiger partial charge is 0.351 e. The van der Waals surface area contributed by atoms with Crippen LogP contribution in [0, 0.1) is 18.8 Å². The van der Waals surface area contributed by atoms with E-state index in [0.717, 1.165) is 13.1 Å². The van der Waals surface area contributed by atoms with Gasteiger partial charge in [-0.15, -0.1) is 11.3 Å². The highest BCUT2D eigenvalue weighted by Gasteiger charge is 2.15. The van der Waals surface area contributed by atoms with Crippen LogP contribution in [0.15, 0.2) is 5.51 Å². The molecule has 0 aromatic carbocycles. The second kappa shape index (κ2) is 7.93. The summed E-state index contributed by atoms with van der Waals surface area (Å²) in [5, 5.41) is 0. The molecule has 5 heteroatoms. The number of aryl methyl sites for hydroxylation is 1. The number of nitrogens with zero attached hydrogens (tertiary/aromatic N) is 2. The second-order valence-electron chi connectivity index (χ2n) is 4.10. The summed E-state index contributed by atoms with van der Waals surface area (Å²) >= 11 is 1.29. The van der Waals surface area contributed by atoms with Crippen LogP contribution in [-0.4, -0.2) is 41.6 Å². The van der Waals surface area contributed by atoms with Crippen LogP contribution in [0.3, 0.4) is 0 Å². The lowest BCUT2D eigenvalue weighted by atomic mass is 10.3. The lowest BCUT2D eigenvalue weighted by Crippen LogP contribution is -2.23. The molecule has 104 valence electrons. The first kappa shape index (κ1) is 15.7. The zero-order valence-corrected chi connectivity index (χ0v) is 12.7. The molecule has 0 aliphatic rings. The zero-order valence-electron chi connectivity index (χ0n) is 11.9. The van der Waals surface area contributed by atoms with E-state index in [0.29, 0.717) is 17.1 Å². The van der Waals surface area contributed by atoms with E-state index in [1.165, 1.54) is 11.3 Å². The van der Waals surface area contributed by atoms with Gasteiger partial charge in [-0.05, 0) is 26.9 Å². The molecule has 0 amide bonds. The monoisotopic (exact) mass is 280 g/mol. The van der Waals surface area contributed by atoms with E-state index < -0.39 is 6.10 Å². The highest BCUT2D eigenvalue weighted by atomic mass is 32.1. The van der Waals surface area contributed by atoms with Crippen LogP contribution < -0.4 is 0 Å². The zero-order chi connectivity index (χ0) is 14.3. The third-order valence-electron chi connectivity index (χ3n) is 2.72. The number of ether oxygens (including phenoxy) is 1. The first-order valence-corrected chi connectivity index (χ1v) is 7.28. The van der Waals surface area contributed by atoms with E-state index in [1.807, 2.05) is 0 Å². The van der Waals surface area contributed by atoms with Gasteiger partial charge in [0, 0.05) is 0 Å². The van der Waals surface area contributed by atoms with Crippen molar-refractivity contribution in [3.63, 3.8) is 0 Å². The summed E-state index contributed by atoms with van der Waals surface area (Å²) in [6.45, 7) is 10.4. The van der Waals surface area contributed by atoms with Crippen molar-refractivity contribution in [2.75, 3.05) is 19.6 Å². The van der Waals surface area contributed by atoms with Gasteiger partial charge >= 0.3 is 5.97 Å². The average molecular weight is 280 g/mol. The number of carbonyl (C=O) groups excluding carboxylic acids is 1. The van der Waals surface area contributed by atoms with Crippen molar-refractivity contribution in [2.24, 2.45) is 0 Å². The van der Waals surface area contributed by atoms with Crippen LogP contribution in [-0.2, 0) is 4.74 Å². The Labute approximate surface area is 118 Å². The van der Waals surface area contributed by atoms with E-state index >= 15 is 0 Å². The molecular formula is C14H20N2O2S. The van der Waals surface area contributed by atoms with Gasteiger partial charge in [0.1, 0.15) is 4.88 Å². The highest BCUT2D eigenvalue weighted by molar-refractivity contribution is 7.11. The number of hydrogen-bond donors (Lipinski definition) is 0. The van der Waals surface area contributed by atoms with Crippen LogP contribution in [0.5, 0.6) is 0 Å². The fourth-order valence-electron chi connectivity index (χ4n) is 1.49. The van der Waals surface area contributed by atoms with Crippen LogP contribution in [0.25, 0.3) is 0 Å². The Bertz CT molecular complexity index is 469. The topological polar surface area (TPSA) is 42.4 Å². The van der Waals surface area contributed by atoms with E-state index in [9.17, 15) is 4.79 Å². The summed E-state index contributed by atoms with van der Waals surface area (Å²) in [4.78, 5) is 18.6. The van der Waals surface area contributed by atoms with Gasteiger partial charge in [0.25, 0.3) is 0 Å². The quantitative estimate of drug-likeness (QED) is 0.613. The number of hydrogen-bond acceptors (Lipinski definition) is 5. The van der Waals surface area contributed by atoms with Crippen molar-refractivity contribution in [1.82, 2.24) is 9.88 Å². The van der Waals surface area contributed by atoms with Crippen LogP contribution in [0.1, 0.15) is 36.1 Å². The van der Waals surface area contributed by atoms with Gasteiger partial charge in [0.05, 0.1) is 17.7 Å². The summed E-state index contributed by atoms with van der Waals surface area (Å²) in [7, 11) is 0. The Morgan fingerprint density at radius 3 is 2.74 bits per heavy atom. The Morgan fingerprint density at radius 2 is 2.21 bits per heavy atom. The molecule has 1 rings (SSSR count). The largest absolute Gasteiger partial charge is 0.445 e. The summed E-state index contributed by atoms with van der Waals surface area (Å²) in [6, 6.07) is 0. The SMILES string of the molecule is CCN(CC)CC#C[C@@H](C)OC(=O)c1scnc1C. The van der Waals surface area contributed by atoms with Crippen molar-refractivity contribution in [3.8, 4) is 11.8 Å². The van der Waals surface area contributed by atoms with Crippen molar-refractivity contribution < 1.29 is 9.53 Å². The molecule has 1 aromatic rings. The van der Waals surface area contributed by atoms with Crippen molar-refractivity contribution >= 4 is 17.3 Å². The number of aromatic nitrogens is 1. The van der Waals surface area contributed by atoms with Gasteiger partial charge in [-0.2, -0.15) is 0 Å². The molecule has 0 aliphatic carbocycles. The summed E-state index contributed by atoms with van der Waals surface area (Å²) in [5.41, 5.74) is 2.35.